The average molecular weight is 597 g/mol. The summed E-state index contributed by atoms with van der Waals surface area (Å²) in [5.41, 5.74) is 7.48. The van der Waals surface area contributed by atoms with E-state index in [0.717, 1.165) is 6.42 Å². The van der Waals surface area contributed by atoms with E-state index in [1.165, 1.54) is 86.9 Å². The Kier molecular flexibility index (Phi) is 6.65. The quantitative estimate of drug-likeness (QED) is 0.178. The normalized spacial score (nSPS) is 14.5. The Morgan fingerprint density at radius 2 is 0.936 bits per heavy atom. The van der Waals surface area contributed by atoms with Gasteiger partial charge < -0.3 is 0 Å². The van der Waals surface area contributed by atoms with Crippen LogP contribution in [0.25, 0.3) is 77.0 Å². The van der Waals surface area contributed by atoms with E-state index in [1.54, 1.807) is 0 Å². The monoisotopic (exact) mass is 596 g/mol. The zero-order chi connectivity index (χ0) is 31.2. The molecule has 0 radical (unpaired) electrons. The van der Waals surface area contributed by atoms with Crippen LogP contribution in [0.4, 0.5) is 0 Å². The Labute approximate surface area is 274 Å². The second-order valence-electron chi connectivity index (χ2n) is 12.5. The largest absolute Gasteiger partial charge is 0.0801 e. The van der Waals surface area contributed by atoms with Crippen molar-refractivity contribution in [3.05, 3.63) is 192 Å². The van der Waals surface area contributed by atoms with E-state index in [9.17, 15) is 0 Å². The molecule has 0 amide bonds. The van der Waals surface area contributed by atoms with Crippen LogP contribution in [0, 0.1) is 0 Å². The van der Waals surface area contributed by atoms with Crippen LogP contribution in [-0.2, 0) is 0 Å². The van der Waals surface area contributed by atoms with Gasteiger partial charge in [-0.05, 0) is 130 Å². The van der Waals surface area contributed by atoms with E-state index in [2.05, 4.69) is 182 Å². The minimum Gasteiger partial charge on any atom is -0.0801 e. The molecule has 0 fully saturated rings. The lowest BCUT2D eigenvalue weighted by atomic mass is 9.88. The molecule has 0 spiro atoms. The van der Waals surface area contributed by atoms with Gasteiger partial charge in [0.05, 0.1) is 0 Å². The molecule has 8 aromatic rings. The molecule has 220 valence electrons. The number of hydrogen-bond donors (Lipinski definition) is 0. The van der Waals surface area contributed by atoms with Crippen LogP contribution in [0.5, 0.6) is 0 Å². The number of fused-ring (bicyclic) bond motifs is 6. The lowest BCUT2D eigenvalue weighted by Gasteiger charge is -2.16. The molecule has 0 aromatic heterocycles. The molecule has 8 aromatic carbocycles. The molecule has 0 nitrogen and oxygen atoms in total. The molecule has 0 heterocycles. The highest BCUT2D eigenvalue weighted by atomic mass is 14.2. The van der Waals surface area contributed by atoms with Gasteiger partial charge in [-0.2, -0.15) is 0 Å². The van der Waals surface area contributed by atoms with Gasteiger partial charge in [0.15, 0.2) is 0 Å². The molecule has 0 aliphatic heterocycles. The molecule has 0 unspecified atom stereocenters. The molecule has 0 N–H and O–H groups in total. The smallest absolute Gasteiger partial charge is 0.00882 e. The second-order valence-corrected chi connectivity index (χ2v) is 12.5. The van der Waals surface area contributed by atoms with Crippen LogP contribution in [-0.4, -0.2) is 0 Å². The average Bonchev–Trinajstić information content (AvgIpc) is 3.14. The van der Waals surface area contributed by atoms with Crippen molar-refractivity contribution in [3.63, 3.8) is 0 Å². The third-order valence-corrected chi connectivity index (χ3v) is 9.62. The first-order valence-corrected chi connectivity index (χ1v) is 16.4. The third-order valence-electron chi connectivity index (χ3n) is 9.62. The Balaban J connectivity index is 1.38. The molecule has 0 bridgehead atoms. The fourth-order valence-electron chi connectivity index (χ4n) is 7.44. The zero-order valence-corrected chi connectivity index (χ0v) is 26.0. The Hall–Kier alpha value is -5.98. The van der Waals surface area contributed by atoms with Crippen LogP contribution in [0.3, 0.4) is 0 Å². The summed E-state index contributed by atoms with van der Waals surface area (Å²) in [6.45, 7) is 0. The van der Waals surface area contributed by atoms with Gasteiger partial charge in [0.2, 0.25) is 0 Å². The Morgan fingerprint density at radius 1 is 0.426 bits per heavy atom. The minimum atomic E-state index is 0.943. The first kappa shape index (κ1) is 27.3. The van der Waals surface area contributed by atoms with Gasteiger partial charge in [-0.15, -0.1) is 0 Å². The van der Waals surface area contributed by atoms with Crippen LogP contribution >= 0.6 is 0 Å². The first-order chi connectivity index (χ1) is 23.3. The summed E-state index contributed by atoms with van der Waals surface area (Å²) in [6.07, 6.45) is 12.1. The molecule has 0 saturated carbocycles. The number of benzene rings is 8. The predicted molar refractivity (Wildman–Crippen MR) is 203 cm³/mol. The topological polar surface area (TPSA) is 0 Å². The maximum atomic E-state index is 2.40. The fraction of sp³-hybridized carbons (Fsp3) is 0.0213. The van der Waals surface area contributed by atoms with Crippen molar-refractivity contribution in [1.29, 1.82) is 0 Å². The van der Waals surface area contributed by atoms with Crippen molar-refractivity contribution in [2.24, 2.45) is 0 Å². The van der Waals surface area contributed by atoms with E-state index in [-0.39, 0.29) is 0 Å². The van der Waals surface area contributed by atoms with Crippen LogP contribution in [0.15, 0.2) is 176 Å². The van der Waals surface area contributed by atoms with Gasteiger partial charge in [0.25, 0.3) is 0 Å². The van der Waals surface area contributed by atoms with Crippen molar-refractivity contribution >= 4 is 54.7 Å². The van der Waals surface area contributed by atoms with Crippen molar-refractivity contribution in [2.75, 3.05) is 0 Å². The lowest BCUT2D eigenvalue weighted by molar-refractivity contribution is 1.35. The van der Waals surface area contributed by atoms with Crippen LogP contribution in [0.2, 0.25) is 0 Å². The van der Waals surface area contributed by atoms with E-state index < -0.39 is 0 Å². The SMILES string of the molecule is C1=CC/C(=c2/cccc/c2=C\c2cc(-c3cc4ccccc4c4ccccc34)cc(-c3cc4ccccc4c4ccccc34)c2)C=C1. The van der Waals surface area contributed by atoms with E-state index in [1.807, 2.05) is 0 Å². The standard InChI is InChI=1S/C47H32/c1-2-14-33(15-3-1)39-19-7-4-16-34(39)26-32-27-37(46-30-35-17-5-8-20-40(35)42-22-10-12-24-44(42)46)29-38(28-32)47-31-36-18-6-9-21-41(36)43-23-11-13-25-45(43)47/h1-14,16-31H,15H2/b34-26+,39-33-. The van der Waals surface area contributed by atoms with Crippen molar-refractivity contribution < 1.29 is 0 Å². The van der Waals surface area contributed by atoms with Gasteiger partial charge in [0, 0.05) is 0 Å². The van der Waals surface area contributed by atoms with E-state index in [0.29, 0.717) is 0 Å². The number of rotatable bonds is 3. The number of allylic oxidation sites excluding steroid dienone is 4. The molecule has 0 saturated heterocycles. The van der Waals surface area contributed by atoms with E-state index in [4.69, 9.17) is 0 Å². The van der Waals surface area contributed by atoms with Gasteiger partial charge in [0.1, 0.15) is 0 Å². The Morgan fingerprint density at radius 3 is 1.51 bits per heavy atom. The minimum absolute atomic E-state index is 0.943. The van der Waals surface area contributed by atoms with Gasteiger partial charge >= 0.3 is 0 Å². The molecular formula is C47H32. The second kappa shape index (κ2) is 11.4. The predicted octanol–water partition coefficient (Wildman–Crippen LogP) is 11.1. The summed E-state index contributed by atoms with van der Waals surface area (Å²) >= 11 is 0. The van der Waals surface area contributed by atoms with Crippen molar-refractivity contribution in [2.45, 2.75) is 6.42 Å². The summed E-state index contributed by atoms with van der Waals surface area (Å²) in [7, 11) is 0. The maximum Gasteiger partial charge on any atom is -0.00882 e. The maximum absolute atomic E-state index is 2.40. The molecular weight excluding hydrogens is 565 g/mol. The highest BCUT2D eigenvalue weighted by Crippen LogP contribution is 2.40. The third kappa shape index (κ3) is 4.87. The summed E-state index contributed by atoms with van der Waals surface area (Å²) in [6, 6.07) is 55.9. The highest BCUT2D eigenvalue weighted by molar-refractivity contribution is 6.16. The fourth-order valence-corrected chi connectivity index (χ4v) is 7.44. The lowest BCUT2D eigenvalue weighted by Crippen LogP contribution is -2.26. The van der Waals surface area contributed by atoms with E-state index >= 15 is 0 Å². The van der Waals surface area contributed by atoms with Crippen molar-refractivity contribution in [1.82, 2.24) is 0 Å². The molecule has 0 atom stereocenters. The zero-order valence-electron chi connectivity index (χ0n) is 26.0. The first-order valence-electron chi connectivity index (χ1n) is 16.4. The van der Waals surface area contributed by atoms with Gasteiger partial charge in [-0.25, -0.2) is 0 Å². The summed E-state index contributed by atoms with van der Waals surface area (Å²) < 4.78 is 0. The van der Waals surface area contributed by atoms with Gasteiger partial charge in [-0.3, -0.25) is 0 Å². The Bertz CT molecular complexity index is 2560. The molecule has 0 heteroatoms. The van der Waals surface area contributed by atoms with Crippen molar-refractivity contribution in [3.8, 4) is 22.3 Å². The highest BCUT2D eigenvalue weighted by Gasteiger charge is 2.14. The molecule has 47 heavy (non-hydrogen) atoms. The molecule has 1 aliphatic carbocycles. The van der Waals surface area contributed by atoms with Gasteiger partial charge in [-0.1, -0.05) is 146 Å². The summed E-state index contributed by atoms with van der Waals surface area (Å²) in [5, 5.41) is 12.7. The molecule has 1 aliphatic rings. The summed E-state index contributed by atoms with van der Waals surface area (Å²) in [5.74, 6) is 0. The number of hydrogen-bond acceptors (Lipinski definition) is 0. The van der Waals surface area contributed by atoms with Crippen LogP contribution < -0.4 is 10.4 Å². The van der Waals surface area contributed by atoms with Crippen LogP contribution in [0.1, 0.15) is 12.0 Å². The summed E-state index contributed by atoms with van der Waals surface area (Å²) in [4.78, 5) is 0. The molecule has 9 rings (SSSR count).